The van der Waals surface area contributed by atoms with Gasteiger partial charge in [-0.15, -0.1) is 0 Å². The van der Waals surface area contributed by atoms with Crippen molar-refractivity contribution in [1.29, 1.82) is 31.6 Å². The Hall–Kier alpha value is -1.03. The first-order valence-electron chi connectivity index (χ1n) is 2.01. The SMILES string of the molecule is O=S(=O)([O-])[O-].[C-]#N.[C-]#N.[C-]#N.[C-]#N.[C-]#N.[C-]#N.[Fe+3].[K+]. The van der Waals surface area contributed by atoms with Crippen molar-refractivity contribution in [2.24, 2.45) is 0 Å². The van der Waals surface area contributed by atoms with E-state index in [1.807, 2.05) is 0 Å². The van der Waals surface area contributed by atoms with Crippen LogP contribution in [0.3, 0.4) is 0 Å². The van der Waals surface area contributed by atoms with Gasteiger partial charge in [0, 0.05) is 10.4 Å². The van der Waals surface area contributed by atoms with Crippen LogP contribution in [0.1, 0.15) is 0 Å². The van der Waals surface area contributed by atoms with Gasteiger partial charge in [0.25, 0.3) is 0 Å². The van der Waals surface area contributed by atoms with Crippen LogP contribution in [0.15, 0.2) is 0 Å². The molecule has 0 saturated carbocycles. The Morgan fingerprint density at radius 3 is 0.579 bits per heavy atom. The van der Waals surface area contributed by atoms with Crippen molar-refractivity contribution in [3.05, 3.63) is 39.4 Å². The van der Waals surface area contributed by atoms with Crippen molar-refractivity contribution in [3.63, 3.8) is 0 Å². The molecule has 0 rings (SSSR count). The number of hydrogen-bond acceptors (Lipinski definition) is 10. The molecule has 0 aliphatic heterocycles. The van der Waals surface area contributed by atoms with Crippen LogP contribution in [-0.4, -0.2) is 17.5 Å². The molecule has 13 heteroatoms. The average molecular weight is 347 g/mol. The third kappa shape index (κ3) is 3550. The molecule has 0 aromatic carbocycles. The van der Waals surface area contributed by atoms with E-state index in [0.717, 1.165) is 0 Å². The fraction of sp³-hybridized carbons (Fsp3) is 0. The van der Waals surface area contributed by atoms with Crippen molar-refractivity contribution in [3.8, 4) is 0 Å². The van der Waals surface area contributed by atoms with Crippen LogP contribution in [0.25, 0.3) is 0 Å². The van der Waals surface area contributed by atoms with E-state index in [4.69, 9.17) is 88.5 Å². The zero-order valence-corrected chi connectivity index (χ0v) is 14.1. The Labute approximate surface area is 165 Å². The molecular formula is C6FeKN6O4S-4. The molecule has 0 fully saturated rings. The van der Waals surface area contributed by atoms with Gasteiger partial charge in [-0.05, 0) is 0 Å². The zero-order chi connectivity index (χ0) is 16.5. The minimum absolute atomic E-state index is 0. The molecule has 0 unspecified atom stereocenters. The first kappa shape index (κ1) is 64.3. The second-order valence-electron chi connectivity index (χ2n) is 0.408. The fourth-order valence-electron chi connectivity index (χ4n) is 0. The predicted octanol–water partition coefficient (Wildman–Crippen LogP) is -3.76. The maximum absolute atomic E-state index is 8.52. The van der Waals surface area contributed by atoms with E-state index in [-0.39, 0.29) is 68.5 Å². The van der Waals surface area contributed by atoms with Crippen LogP contribution in [0.4, 0.5) is 0 Å². The minimum atomic E-state index is -5.17. The largest absolute Gasteiger partial charge is 3.00 e. The van der Waals surface area contributed by atoms with E-state index >= 15 is 0 Å². The maximum atomic E-state index is 8.52. The van der Waals surface area contributed by atoms with Gasteiger partial charge in [-0.1, -0.05) is 0 Å². The molecule has 0 aliphatic carbocycles. The summed E-state index contributed by atoms with van der Waals surface area (Å²) in [6.45, 7) is 28.5. The minimum Gasteiger partial charge on any atom is -0.759 e. The molecule has 10 nitrogen and oxygen atoms in total. The Kier molecular flexibility index (Phi) is 594. The second kappa shape index (κ2) is 175. The van der Waals surface area contributed by atoms with E-state index in [9.17, 15) is 0 Å². The summed E-state index contributed by atoms with van der Waals surface area (Å²) in [7, 11) is -5.17. The molecule has 0 aliphatic rings. The van der Waals surface area contributed by atoms with Crippen molar-refractivity contribution >= 4 is 10.4 Å². The fourth-order valence-corrected chi connectivity index (χ4v) is 0. The second-order valence-corrected chi connectivity index (χ2v) is 1.22. The van der Waals surface area contributed by atoms with Gasteiger partial charge in [-0.2, -0.15) is 0 Å². The molecule has 0 aromatic heterocycles. The topological polar surface area (TPSA) is 223 Å². The van der Waals surface area contributed by atoms with Gasteiger partial charge in [-0.3, -0.25) is 8.42 Å². The molecule has 0 N–H and O–H groups in total. The smallest absolute Gasteiger partial charge is 0.759 e. The summed E-state index contributed by atoms with van der Waals surface area (Å²) in [5.74, 6) is 0. The van der Waals surface area contributed by atoms with E-state index in [2.05, 4.69) is 0 Å². The zero-order valence-electron chi connectivity index (χ0n) is 9.08. The summed E-state index contributed by atoms with van der Waals surface area (Å²) in [4.78, 5) is 0. The molecular weight excluding hydrogens is 347 g/mol. The first-order valence-corrected chi connectivity index (χ1v) is 3.34. The van der Waals surface area contributed by atoms with Gasteiger partial charge in [0.05, 0.1) is 0 Å². The molecule has 0 heterocycles. The van der Waals surface area contributed by atoms with Crippen molar-refractivity contribution in [2.75, 3.05) is 0 Å². The summed E-state index contributed by atoms with van der Waals surface area (Å²) in [6.07, 6.45) is 0. The van der Waals surface area contributed by atoms with E-state index < -0.39 is 10.4 Å². The quantitative estimate of drug-likeness (QED) is 0.180. The third-order valence-corrected chi connectivity index (χ3v) is 0. The summed E-state index contributed by atoms with van der Waals surface area (Å²) in [5, 5.41) is 37.5. The molecule has 0 saturated heterocycles. The van der Waals surface area contributed by atoms with Crippen LogP contribution < -0.4 is 51.4 Å². The molecule has 0 aromatic rings. The van der Waals surface area contributed by atoms with E-state index in [1.54, 1.807) is 0 Å². The van der Waals surface area contributed by atoms with E-state index in [0.29, 0.717) is 0 Å². The van der Waals surface area contributed by atoms with Crippen LogP contribution >= 0.6 is 0 Å². The van der Waals surface area contributed by atoms with Gasteiger partial charge >= 0.3 is 68.5 Å². The Balaban J connectivity index is -0.00000000912. The summed E-state index contributed by atoms with van der Waals surface area (Å²) in [5.41, 5.74) is 0. The molecule has 0 spiro atoms. The molecule has 0 bridgehead atoms. The van der Waals surface area contributed by atoms with Gasteiger partial charge in [0.15, 0.2) is 0 Å². The van der Waals surface area contributed by atoms with E-state index in [1.165, 1.54) is 0 Å². The third-order valence-electron chi connectivity index (χ3n) is 0. The number of hydrogen-bond donors (Lipinski definition) is 0. The number of nitrogens with zero attached hydrogens (tertiary/aromatic N) is 6. The maximum Gasteiger partial charge on any atom is 3.00 e. The molecule has 0 amide bonds. The van der Waals surface area contributed by atoms with Gasteiger partial charge < -0.3 is 80.1 Å². The monoisotopic (exact) mass is 347 g/mol. The predicted molar refractivity (Wildman–Crippen MR) is 40.3 cm³/mol. The van der Waals surface area contributed by atoms with Crippen molar-refractivity contribution in [1.82, 2.24) is 0 Å². The van der Waals surface area contributed by atoms with Crippen LogP contribution in [0, 0.1) is 71.0 Å². The van der Waals surface area contributed by atoms with Crippen LogP contribution in [0.5, 0.6) is 0 Å². The average Bonchev–Trinajstić information content (AvgIpc) is 2.41. The van der Waals surface area contributed by atoms with Crippen LogP contribution in [-0.2, 0) is 27.5 Å². The van der Waals surface area contributed by atoms with Crippen molar-refractivity contribution < 1.29 is 86.0 Å². The molecule has 1 radical (unpaired) electrons. The van der Waals surface area contributed by atoms with Gasteiger partial charge in [-0.25, -0.2) is 0 Å². The molecule has 97 valence electrons. The number of rotatable bonds is 0. The van der Waals surface area contributed by atoms with Gasteiger partial charge in [0.1, 0.15) is 0 Å². The molecule has 19 heavy (non-hydrogen) atoms. The van der Waals surface area contributed by atoms with Gasteiger partial charge in [0.2, 0.25) is 0 Å². The summed E-state index contributed by atoms with van der Waals surface area (Å²) < 4.78 is 34.1. The normalized spacial score (nSPS) is 3.68. The van der Waals surface area contributed by atoms with Crippen molar-refractivity contribution in [2.45, 2.75) is 0 Å². The van der Waals surface area contributed by atoms with Crippen LogP contribution in [0.2, 0.25) is 0 Å². The Bertz CT molecular complexity index is 266. The Morgan fingerprint density at radius 1 is 0.579 bits per heavy atom. The standard InChI is InChI=1S/6CN.Fe.K.H2O4S/c6*1-2;;;1-5(2,3)4/h;;;;;;;;(H2,1,2,3,4)/q6*-1;+3;+1;/p-2. The summed E-state index contributed by atoms with van der Waals surface area (Å²) >= 11 is 0. The Morgan fingerprint density at radius 2 is 0.579 bits per heavy atom. The first-order chi connectivity index (χ1) is 8.00. The summed E-state index contributed by atoms with van der Waals surface area (Å²) in [6, 6.07) is 0. The molecule has 0 atom stereocenters.